The molecule has 0 radical (unpaired) electrons. The molecule has 0 aromatic heterocycles. The zero-order chi connectivity index (χ0) is 10.7. The number of benzene rings is 1. The van der Waals surface area contributed by atoms with Crippen molar-refractivity contribution in [2.24, 2.45) is 0 Å². The van der Waals surface area contributed by atoms with Gasteiger partial charge in [-0.05, 0) is 38.3 Å². The third kappa shape index (κ3) is 2.72. The molecule has 82 valence electrons. The SMILES string of the molecule is Cc1ccc(O[C@H]2CCCC[C@@H]2O)cc1. The van der Waals surface area contributed by atoms with E-state index in [2.05, 4.69) is 6.92 Å². The minimum absolute atomic E-state index is 0.0125. The Morgan fingerprint density at radius 2 is 1.80 bits per heavy atom. The van der Waals surface area contributed by atoms with Crippen LogP contribution in [-0.4, -0.2) is 17.3 Å². The summed E-state index contributed by atoms with van der Waals surface area (Å²) in [4.78, 5) is 0. The predicted molar refractivity (Wildman–Crippen MR) is 60.1 cm³/mol. The molecule has 1 fully saturated rings. The molecule has 0 saturated heterocycles. The average molecular weight is 206 g/mol. The van der Waals surface area contributed by atoms with Gasteiger partial charge in [-0.25, -0.2) is 0 Å². The molecule has 0 aliphatic heterocycles. The molecule has 15 heavy (non-hydrogen) atoms. The minimum atomic E-state index is -0.292. The molecule has 1 N–H and O–H groups in total. The number of ether oxygens (including phenoxy) is 1. The highest BCUT2D eigenvalue weighted by atomic mass is 16.5. The number of aliphatic hydroxyl groups is 1. The summed E-state index contributed by atoms with van der Waals surface area (Å²) in [6, 6.07) is 8.00. The standard InChI is InChI=1S/C13H18O2/c1-10-6-8-11(9-7-10)15-13-5-3-2-4-12(13)14/h6-9,12-14H,2-5H2,1H3/t12-,13-/m0/s1. The summed E-state index contributed by atoms with van der Waals surface area (Å²) in [6.07, 6.45) is 3.81. The van der Waals surface area contributed by atoms with E-state index in [1.165, 1.54) is 5.56 Å². The molecular formula is C13H18O2. The second kappa shape index (κ2) is 4.67. The van der Waals surface area contributed by atoms with E-state index in [1.807, 2.05) is 24.3 Å². The fourth-order valence-corrected chi connectivity index (χ4v) is 2.01. The van der Waals surface area contributed by atoms with Gasteiger partial charge in [0, 0.05) is 0 Å². The highest BCUT2D eigenvalue weighted by Crippen LogP contribution is 2.23. The summed E-state index contributed by atoms with van der Waals surface area (Å²) in [6.45, 7) is 2.05. The molecule has 0 heterocycles. The van der Waals surface area contributed by atoms with Crippen molar-refractivity contribution >= 4 is 0 Å². The summed E-state index contributed by atoms with van der Waals surface area (Å²) in [5, 5.41) is 9.76. The van der Waals surface area contributed by atoms with Crippen LogP contribution < -0.4 is 4.74 Å². The van der Waals surface area contributed by atoms with E-state index in [4.69, 9.17) is 4.74 Å². The van der Waals surface area contributed by atoms with Gasteiger partial charge in [-0.15, -0.1) is 0 Å². The molecule has 1 aromatic rings. The van der Waals surface area contributed by atoms with Gasteiger partial charge in [-0.1, -0.05) is 24.1 Å². The molecule has 0 unspecified atom stereocenters. The zero-order valence-electron chi connectivity index (χ0n) is 9.15. The number of hydrogen-bond donors (Lipinski definition) is 1. The van der Waals surface area contributed by atoms with Gasteiger partial charge in [-0.3, -0.25) is 0 Å². The number of hydrogen-bond acceptors (Lipinski definition) is 2. The average Bonchev–Trinajstić information content (AvgIpc) is 2.25. The van der Waals surface area contributed by atoms with Gasteiger partial charge in [-0.2, -0.15) is 0 Å². The van der Waals surface area contributed by atoms with Crippen LogP contribution in [0.5, 0.6) is 5.75 Å². The second-order valence-corrected chi connectivity index (χ2v) is 4.32. The predicted octanol–water partition coefficient (Wildman–Crippen LogP) is 2.68. The van der Waals surface area contributed by atoms with Crippen molar-refractivity contribution < 1.29 is 9.84 Å². The van der Waals surface area contributed by atoms with Gasteiger partial charge in [0.25, 0.3) is 0 Å². The Labute approximate surface area is 90.9 Å². The van der Waals surface area contributed by atoms with Crippen molar-refractivity contribution in [3.63, 3.8) is 0 Å². The lowest BCUT2D eigenvalue weighted by Gasteiger charge is -2.28. The molecule has 2 heteroatoms. The first-order valence-electron chi connectivity index (χ1n) is 5.67. The molecule has 1 aliphatic rings. The van der Waals surface area contributed by atoms with Crippen molar-refractivity contribution in [1.29, 1.82) is 0 Å². The zero-order valence-corrected chi connectivity index (χ0v) is 9.15. The lowest BCUT2D eigenvalue weighted by Crippen LogP contribution is -2.34. The maximum absolute atomic E-state index is 9.76. The van der Waals surface area contributed by atoms with Crippen molar-refractivity contribution in [1.82, 2.24) is 0 Å². The molecule has 0 spiro atoms. The van der Waals surface area contributed by atoms with Crippen LogP contribution in [0.3, 0.4) is 0 Å². The first-order chi connectivity index (χ1) is 7.25. The second-order valence-electron chi connectivity index (χ2n) is 4.32. The molecule has 2 nitrogen and oxygen atoms in total. The Balaban J connectivity index is 1.98. The van der Waals surface area contributed by atoms with Crippen LogP contribution in [0.1, 0.15) is 31.2 Å². The maximum atomic E-state index is 9.76. The van der Waals surface area contributed by atoms with E-state index >= 15 is 0 Å². The summed E-state index contributed by atoms with van der Waals surface area (Å²) in [5.41, 5.74) is 1.23. The lowest BCUT2D eigenvalue weighted by atomic mass is 9.95. The minimum Gasteiger partial charge on any atom is -0.488 e. The summed E-state index contributed by atoms with van der Waals surface area (Å²) in [7, 11) is 0. The van der Waals surface area contributed by atoms with Crippen LogP contribution in [0.25, 0.3) is 0 Å². The van der Waals surface area contributed by atoms with Gasteiger partial charge < -0.3 is 9.84 Å². The topological polar surface area (TPSA) is 29.5 Å². The van der Waals surface area contributed by atoms with Crippen molar-refractivity contribution in [3.05, 3.63) is 29.8 Å². The van der Waals surface area contributed by atoms with Gasteiger partial charge in [0.15, 0.2) is 0 Å². The van der Waals surface area contributed by atoms with Crippen LogP contribution in [0.4, 0.5) is 0 Å². The highest BCUT2D eigenvalue weighted by Gasteiger charge is 2.24. The summed E-state index contributed by atoms with van der Waals surface area (Å²) in [5.74, 6) is 0.867. The van der Waals surface area contributed by atoms with Gasteiger partial charge in [0.05, 0.1) is 6.10 Å². The van der Waals surface area contributed by atoms with E-state index in [0.717, 1.165) is 31.4 Å². The monoisotopic (exact) mass is 206 g/mol. The third-order valence-corrected chi connectivity index (χ3v) is 2.98. The molecule has 1 aromatic carbocycles. The molecule has 0 bridgehead atoms. The van der Waals surface area contributed by atoms with E-state index in [0.29, 0.717) is 0 Å². The Morgan fingerprint density at radius 3 is 2.47 bits per heavy atom. The van der Waals surface area contributed by atoms with Crippen molar-refractivity contribution in [2.75, 3.05) is 0 Å². The van der Waals surface area contributed by atoms with E-state index < -0.39 is 0 Å². The van der Waals surface area contributed by atoms with Gasteiger partial charge in [0.1, 0.15) is 11.9 Å². The molecule has 2 rings (SSSR count). The summed E-state index contributed by atoms with van der Waals surface area (Å²) < 4.78 is 5.77. The quantitative estimate of drug-likeness (QED) is 0.806. The Kier molecular flexibility index (Phi) is 3.27. The smallest absolute Gasteiger partial charge is 0.124 e. The molecule has 1 aliphatic carbocycles. The van der Waals surface area contributed by atoms with Crippen LogP contribution >= 0.6 is 0 Å². The fourth-order valence-electron chi connectivity index (χ4n) is 2.01. The third-order valence-electron chi connectivity index (χ3n) is 2.98. The largest absolute Gasteiger partial charge is 0.488 e. The number of rotatable bonds is 2. The Morgan fingerprint density at radius 1 is 1.13 bits per heavy atom. The molecule has 2 atom stereocenters. The van der Waals surface area contributed by atoms with Crippen LogP contribution in [0.2, 0.25) is 0 Å². The van der Waals surface area contributed by atoms with Gasteiger partial charge in [0.2, 0.25) is 0 Å². The fraction of sp³-hybridized carbons (Fsp3) is 0.538. The highest BCUT2D eigenvalue weighted by molar-refractivity contribution is 5.26. The molecule has 1 saturated carbocycles. The van der Waals surface area contributed by atoms with E-state index in [1.54, 1.807) is 0 Å². The number of aliphatic hydroxyl groups excluding tert-OH is 1. The Hall–Kier alpha value is -1.02. The van der Waals surface area contributed by atoms with E-state index in [-0.39, 0.29) is 12.2 Å². The first kappa shape index (κ1) is 10.5. The normalized spacial score (nSPS) is 26.3. The van der Waals surface area contributed by atoms with Crippen molar-refractivity contribution in [3.8, 4) is 5.75 Å². The molecular weight excluding hydrogens is 188 g/mol. The lowest BCUT2D eigenvalue weighted by molar-refractivity contribution is 0.00687. The van der Waals surface area contributed by atoms with Crippen molar-refractivity contribution in [2.45, 2.75) is 44.8 Å². The van der Waals surface area contributed by atoms with Gasteiger partial charge >= 0.3 is 0 Å². The Bertz CT molecular complexity index is 305. The first-order valence-corrected chi connectivity index (χ1v) is 5.67. The van der Waals surface area contributed by atoms with Crippen LogP contribution in [0.15, 0.2) is 24.3 Å². The summed E-state index contributed by atoms with van der Waals surface area (Å²) >= 11 is 0. The molecule has 0 amide bonds. The number of aryl methyl sites for hydroxylation is 1. The van der Waals surface area contributed by atoms with Crippen LogP contribution in [-0.2, 0) is 0 Å². The van der Waals surface area contributed by atoms with E-state index in [9.17, 15) is 5.11 Å². The van der Waals surface area contributed by atoms with Crippen LogP contribution in [0, 0.1) is 6.92 Å². The maximum Gasteiger partial charge on any atom is 0.124 e.